The summed E-state index contributed by atoms with van der Waals surface area (Å²) in [6, 6.07) is 6.94. The summed E-state index contributed by atoms with van der Waals surface area (Å²) in [5.41, 5.74) is 2.33. The van der Waals surface area contributed by atoms with Gasteiger partial charge in [0.05, 0.1) is 6.61 Å². The molecule has 0 radical (unpaired) electrons. The van der Waals surface area contributed by atoms with E-state index in [9.17, 15) is 0 Å². The third-order valence-corrected chi connectivity index (χ3v) is 5.05. The smallest absolute Gasteiger partial charge is 0.191 e. The minimum Gasteiger partial charge on any atom is -0.493 e. The third kappa shape index (κ3) is 7.03. The zero-order valence-electron chi connectivity index (χ0n) is 17.4. The second-order valence-corrected chi connectivity index (χ2v) is 7.04. The van der Waals surface area contributed by atoms with Crippen molar-refractivity contribution in [3.05, 3.63) is 29.3 Å². The van der Waals surface area contributed by atoms with Crippen molar-refractivity contribution in [3.63, 3.8) is 0 Å². The van der Waals surface area contributed by atoms with Crippen LogP contribution < -0.4 is 15.4 Å². The lowest BCUT2D eigenvalue weighted by Gasteiger charge is -2.24. The minimum atomic E-state index is 0.604. The van der Waals surface area contributed by atoms with Gasteiger partial charge >= 0.3 is 0 Å². The maximum atomic E-state index is 5.97. The first-order valence-corrected chi connectivity index (χ1v) is 10.1. The van der Waals surface area contributed by atoms with Gasteiger partial charge in [-0.2, -0.15) is 0 Å². The zero-order valence-corrected chi connectivity index (χ0v) is 17.4. The number of rotatable bonds is 10. The lowest BCUT2D eigenvalue weighted by molar-refractivity contribution is 0.171. The molecule has 2 N–H and O–H groups in total. The number of benzene rings is 1. The third-order valence-electron chi connectivity index (χ3n) is 5.05. The van der Waals surface area contributed by atoms with Crippen molar-refractivity contribution in [1.29, 1.82) is 0 Å². The highest BCUT2D eigenvalue weighted by molar-refractivity contribution is 5.79. The van der Waals surface area contributed by atoms with Crippen LogP contribution in [0.25, 0.3) is 0 Å². The molecule has 152 valence electrons. The fourth-order valence-corrected chi connectivity index (χ4v) is 3.48. The molecule has 1 fully saturated rings. The van der Waals surface area contributed by atoms with Crippen LogP contribution in [0.1, 0.15) is 37.3 Å². The van der Waals surface area contributed by atoms with Gasteiger partial charge in [-0.25, -0.2) is 0 Å². The molecule has 0 aromatic heterocycles. The summed E-state index contributed by atoms with van der Waals surface area (Å²) in [6.45, 7) is 9.63. The summed E-state index contributed by atoms with van der Waals surface area (Å²) in [7, 11) is 3.53. The SMILES string of the molecule is CCN1CCCC1CNC(=NC)NCc1ccc(C)cc1OCCCOC. The van der Waals surface area contributed by atoms with E-state index in [2.05, 4.69) is 52.6 Å². The van der Waals surface area contributed by atoms with Gasteiger partial charge in [-0.05, 0) is 44.5 Å². The monoisotopic (exact) mass is 376 g/mol. The lowest BCUT2D eigenvalue weighted by Crippen LogP contribution is -2.44. The van der Waals surface area contributed by atoms with Crippen molar-refractivity contribution in [3.8, 4) is 5.75 Å². The summed E-state index contributed by atoms with van der Waals surface area (Å²) >= 11 is 0. The van der Waals surface area contributed by atoms with Crippen LogP contribution >= 0.6 is 0 Å². The maximum Gasteiger partial charge on any atom is 0.191 e. The van der Waals surface area contributed by atoms with Gasteiger partial charge in [-0.3, -0.25) is 9.89 Å². The van der Waals surface area contributed by atoms with Crippen LogP contribution in [0.2, 0.25) is 0 Å². The van der Waals surface area contributed by atoms with E-state index in [0.717, 1.165) is 36.8 Å². The molecule has 0 amide bonds. The Labute approximate surface area is 164 Å². The molecular formula is C21H36N4O2. The molecule has 27 heavy (non-hydrogen) atoms. The zero-order chi connectivity index (χ0) is 19.5. The predicted molar refractivity (Wildman–Crippen MR) is 112 cm³/mol. The summed E-state index contributed by atoms with van der Waals surface area (Å²) in [4.78, 5) is 6.90. The second-order valence-electron chi connectivity index (χ2n) is 7.04. The largest absolute Gasteiger partial charge is 0.493 e. The number of aryl methyl sites for hydroxylation is 1. The van der Waals surface area contributed by atoms with Crippen LogP contribution in [-0.2, 0) is 11.3 Å². The average Bonchev–Trinajstić information content (AvgIpc) is 3.14. The molecule has 1 heterocycles. The number of nitrogens with one attached hydrogen (secondary N) is 2. The van der Waals surface area contributed by atoms with E-state index in [-0.39, 0.29) is 0 Å². The van der Waals surface area contributed by atoms with E-state index < -0.39 is 0 Å². The molecule has 1 aliphatic heterocycles. The quantitative estimate of drug-likeness (QED) is 0.373. The number of nitrogens with zero attached hydrogens (tertiary/aromatic N) is 2. The van der Waals surface area contributed by atoms with Gasteiger partial charge in [-0.1, -0.05) is 19.1 Å². The molecule has 1 atom stereocenters. The molecule has 2 rings (SSSR count). The molecule has 0 spiro atoms. The number of methoxy groups -OCH3 is 1. The Morgan fingerprint density at radius 2 is 2.15 bits per heavy atom. The number of likely N-dealkylation sites (tertiary alicyclic amines) is 1. The summed E-state index contributed by atoms with van der Waals surface area (Å²) in [5.74, 6) is 1.77. The number of ether oxygens (including phenoxy) is 2. The maximum absolute atomic E-state index is 5.97. The standard InChI is InChI=1S/C21H36N4O2/c1-5-25-11-6-8-19(25)16-24-21(22-3)23-15-18-10-9-17(2)14-20(18)27-13-7-12-26-4/h9-10,14,19H,5-8,11-13,15-16H2,1-4H3,(H2,22,23,24). The average molecular weight is 377 g/mol. The molecule has 1 aromatic rings. The topological polar surface area (TPSA) is 58.1 Å². The van der Waals surface area contributed by atoms with E-state index in [4.69, 9.17) is 9.47 Å². The molecule has 6 heteroatoms. The number of hydrogen-bond acceptors (Lipinski definition) is 4. The van der Waals surface area contributed by atoms with Gasteiger partial charge in [0.2, 0.25) is 0 Å². The Bertz CT molecular complexity index is 592. The van der Waals surface area contributed by atoms with Crippen LogP contribution in [0.15, 0.2) is 23.2 Å². The van der Waals surface area contributed by atoms with E-state index in [1.807, 2.05) is 7.05 Å². The van der Waals surface area contributed by atoms with Gasteiger partial charge in [0.15, 0.2) is 5.96 Å². The molecule has 6 nitrogen and oxygen atoms in total. The second kappa shape index (κ2) is 11.8. The highest BCUT2D eigenvalue weighted by Crippen LogP contribution is 2.20. The lowest BCUT2D eigenvalue weighted by atomic mass is 10.1. The van der Waals surface area contributed by atoms with E-state index in [1.165, 1.54) is 24.9 Å². The van der Waals surface area contributed by atoms with E-state index in [1.54, 1.807) is 7.11 Å². The molecule has 0 saturated carbocycles. The van der Waals surface area contributed by atoms with Crippen LogP contribution in [0.4, 0.5) is 0 Å². The van der Waals surface area contributed by atoms with Gasteiger partial charge in [0.1, 0.15) is 5.75 Å². The van der Waals surface area contributed by atoms with Crippen molar-refractivity contribution in [2.75, 3.05) is 47.0 Å². The first-order valence-electron chi connectivity index (χ1n) is 10.1. The number of guanidine groups is 1. The van der Waals surface area contributed by atoms with Crippen molar-refractivity contribution in [2.45, 2.75) is 45.7 Å². The molecule has 1 unspecified atom stereocenters. The molecule has 0 aliphatic carbocycles. The van der Waals surface area contributed by atoms with Gasteiger partial charge in [0.25, 0.3) is 0 Å². The van der Waals surface area contributed by atoms with E-state index >= 15 is 0 Å². The van der Waals surface area contributed by atoms with Crippen molar-refractivity contribution < 1.29 is 9.47 Å². The number of aliphatic imine (C=N–C) groups is 1. The molecule has 1 saturated heterocycles. The number of hydrogen-bond donors (Lipinski definition) is 2. The fraction of sp³-hybridized carbons (Fsp3) is 0.667. The highest BCUT2D eigenvalue weighted by atomic mass is 16.5. The van der Waals surface area contributed by atoms with E-state index in [0.29, 0.717) is 25.8 Å². The van der Waals surface area contributed by atoms with Crippen molar-refractivity contribution >= 4 is 5.96 Å². The van der Waals surface area contributed by atoms with Crippen LogP contribution in [-0.4, -0.2) is 63.9 Å². The summed E-state index contributed by atoms with van der Waals surface area (Å²) in [5, 5.41) is 6.90. The summed E-state index contributed by atoms with van der Waals surface area (Å²) < 4.78 is 11.1. The van der Waals surface area contributed by atoms with Gasteiger partial charge in [-0.15, -0.1) is 0 Å². The Kier molecular flexibility index (Phi) is 9.42. The first-order chi connectivity index (χ1) is 13.2. The minimum absolute atomic E-state index is 0.604. The highest BCUT2D eigenvalue weighted by Gasteiger charge is 2.22. The van der Waals surface area contributed by atoms with Crippen LogP contribution in [0.3, 0.4) is 0 Å². The van der Waals surface area contributed by atoms with Crippen molar-refractivity contribution in [2.24, 2.45) is 4.99 Å². The molecular weight excluding hydrogens is 340 g/mol. The number of likely N-dealkylation sites (N-methyl/N-ethyl adjacent to an activating group) is 1. The van der Waals surface area contributed by atoms with Gasteiger partial charge < -0.3 is 20.1 Å². The first kappa shape index (κ1) is 21.5. The summed E-state index contributed by atoms with van der Waals surface area (Å²) in [6.07, 6.45) is 3.43. The van der Waals surface area contributed by atoms with Crippen LogP contribution in [0, 0.1) is 6.92 Å². The Balaban J connectivity index is 1.86. The predicted octanol–water partition coefficient (Wildman–Crippen LogP) is 2.56. The normalized spacial score (nSPS) is 17.9. The Morgan fingerprint density at radius 3 is 2.89 bits per heavy atom. The van der Waals surface area contributed by atoms with Crippen LogP contribution in [0.5, 0.6) is 5.75 Å². The van der Waals surface area contributed by atoms with Gasteiger partial charge in [0, 0.05) is 51.9 Å². The molecule has 0 bridgehead atoms. The molecule has 1 aromatic carbocycles. The molecule has 1 aliphatic rings. The Morgan fingerprint density at radius 1 is 1.30 bits per heavy atom. The fourth-order valence-electron chi connectivity index (χ4n) is 3.48. The van der Waals surface area contributed by atoms with Crippen molar-refractivity contribution in [1.82, 2.24) is 15.5 Å². The Hall–Kier alpha value is -1.79.